The standard InChI is InChI=1S/C16H19N3O/c1-11-3-4-15(12(2)7-11)18-16(20)13-5-6-19-10-17-9-14(19)8-13/h3-4,7,9-10,13H,5-6,8H2,1-2H3,(H,18,20). The van der Waals surface area contributed by atoms with Gasteiger partial charge in [-0.3, -0.25) is 4.79 Å². The molecule has 0 spiro atoms. The van der Waals surface area contributed by atoms with Gasteiger partial charge in [0.2, 0.25) is 5.91 Å². The van der Waals surface area contributed by atoms with Crippen LogP contribution in [0.1, 0.15) is 23.2 Å². The van der Waals surface area contributed by atoms with Crippen LogP contribution in [0.2, 0.25) is 0 Å². The molecule has 1 aromatic heterocycles. The van der Waals surface area contributed by atoms with Gasteiger partial charge in [-0.25, -0.2) is 4.98 Å². The largest absolute Gasteiger partial charge is 0.335 e. The van der Waals surface area contributed by atoms with Crippen LogP contribution in [0.15, 0.2) is 30.7 Å². The van der Waals surface area contributed by atoms with Crippen molar-refractivity contribution in [3.8, 4) is 0 Å². The summed E-state index contributed by atoms with van der Waals surface area (Å²) in [5, 5.41) is 3.06. The fourth-order valence-corrected chi connectivity index (χ4v) is 2.78. The predicted octanol–water partition coefficient (Wildman–Crippen LogP) is 2.70. The number of carbonyl (C=O) groups is 1. The smallest absolute Gasteiger partial charge is 0.227 e. The Bertz CT molecular complexity index is 645. The Labute approximate surface area is 118 Å². The SMILES string of the molecule is Cc1ccc(NC(=O)C2CCn3cncc3C2)c(C)c1. The lowest BCUT2D eigenvalue weighted by atomic mass is 9.95. The van der Waals surface area contributed by atoms with E-state index in [0.717, 1.165) is 36.3 Å². The molecule has 1 aliphatic heterocycles. The van der Waals surface area contributed by atoms with Gasteiger partial charge in [0.15, 0.2) is 0 Å². The Balaban J connectivity index is 1.71. The van der Waals surface area contributed by atoms with E-state index in [1.54, 1.807) is 0 Å². The van der Waals surface area contributed by atoms with Gasteiger partial charge in [-0.2, -0.15) is 0 Å². The van der Waals surface area contributed by atoms with Crippen molar-refractivity contribution in [3.63, 3.8) is 0 Å². The van der Waals surface area contributed by atoms with E-state index in [4.69, 9.17) is 0 Å². The van der Waals surface area contributed by atoms with Gasteiger partial charge in [0.05, 0.1) is 6.33 Å². The first-order valence-corrected chi connectivity index (χ1v) is 7.00. The summed E-state index contributed by atoms with van der Waals surface area (Å²) in [6.45, 7) is 4.96. The molecule has 0 fully saturated rings. The summed E-state index contributed by atoms with van der Waals surface area (Å²) in [7, 11) is 0. The Hall–Kier alpha value is -2.10. The molecule has 4 nitrogen and oxygen atoms in total. The molecule has 1 aromatic carbocycles. The van der Waals surface area contributed by atoms with Crippen LogP contribution in [0, 0.1) is 19.8 Å². The Morgan fingerprint density at radius 2 is 2.25 bits per heavy atom. The van der Waals surface area contributed by atoms with Crippen LogP contribution in [0.25, 0.3) is 0 Å². The molecule has 1 amide bonds. The van der Waals surface area contributed by atoms with E-state index < -0.39 is 0 Å². The topological polar surface area (TPSA) is 46.9 Å². The monoisotopic (exact) mass is 269 g/mol. The Kier molecular flexibility index (Phi) is 3.30. The average Bonchev–Trinajstić information content (AvgIpc) is 2.89. The number of imidazole rings is 1. The second kappa shape index (κ2) is 5.12. The summed E-state index contributed by atoms with van der Waals surface area (Å²) in [6.07, 6.45) is 5.35. The summed E-state index contributed by atoms with van der Waals surface area (Å²) >= 11 is 0. The van der Waals surface area contributed by atoms with E-state index in [9.17, 15) is 4.79 Å². The van der Waals surface area contributed by atoms with Crippen LogP contribution in [0.5, 0.6) is 0 Å². The minimum Gasteiger partial charge on any atom is -0.335 e. The van der Waals surface area contributed by atoms with Crippen LogP contribution in [0.3, 0.4) is 0 Å². The van der Waals surface area contributed by atoms with Crippen molar-refractivity contribution < 1.29 is 4.79 Å². The molecule has 0 aliphatic carbocycles. The molecule has 3 rings (SSSR count). The van der Waals surface area contributed by atoms with Crippen LogP contribution in [-0.4, -0.2) is 15.5 Å². The molecule has 1 aliphatic rings. The quantitative estimate of drug-likeness (QED) is 0.911. The van der Waals surface area contributed by atoms with E-state index >= 15 is 0 Å². The molecule has 20 heavy (non-hydrogen) atoms. The van der Waals surface area contributed by atoms with E-state index in [0.29, 0.717) is 0 Å². The number of nitrogens with zero attached hydrogens (tertiary/aromatic N) is 2. The number of hydrogen-bond acceptors (Lipinski definition) is 2. The summed E-state index contributed by atoms with van der Waals surface area (Å²) in [4.78, 5) is 16.5. The minimum absolute atomic E-state index is 0.0416. The van der Waals surface area contributed by atoms with E-state index in [1.165, 1.54) is 5.56 Å². The number of anilines is 1. The van der Waals surface area contributed by atoms with Crippen LogP contribution in [0.4, 0.5) is 5.69 Å². The third-order valence-electron chi connectivity index (χ3n) is 3.98. The number of fused-ring (bicyclic) bond motifs is 1. The van der Waals surface area contributed by atoms with E-state index in [1.807, 2.05) is 31.6 Å². The van der Waals surface area contributed by atoms with Crippen LogP contribution in [-0.2, 0) is 17.8 Å². The molecule has 104 valence electrons. The summed E-state index contributed by atoms with van der Waals surface area (Å²) in [5.74, 6) is 0.157. The second-order valence-electron chi connectivity index (χ2n) is 5.58. The summed E-state index contributed by atoms with van der Waals surface area (Å²) < 4.78 is 2.13. The molecule has 2 heterocycles. The number of nitrogens with one attached hydrogen (secondary N) is 1. The number of aromatic nitrogens is 2. The first-order valence-electron chi connectivity index (χ1n) is 7.00. The molecule has 0 saturated heterocycles. The normalized spacial score (nSPS) is 17.6. The van der Waals surface area contributed by atoms with Gasteiger partial charge in [0.1, 0.15) is 0 Å². The zero-order valence-corrected chi connectivity index (χ0v) is 11.9. The predicted molar refractivity (Wildman–Crippen MR) is 78.6 cm³/mol. The number of amides is 1. The Morgan fingerprint density at radius 3 is 3.05 bits per heavy atom. The van der Waals surface area contributed by atoms with Crippen molar-refractivity contribution in [1.82, 2.24) is 9.55 Å². The number of rotatable bonds is 2. The van der Waals surface area contributed by atoms with Gasteiger partial charge < -0.3 is 9.88 Å². The Morgan fingerprint density at radius 1 is 1.40 bits per heavy atom. The molecular weight excluding hydrogens is 250 g/mol. The number of aryl methyl sites for hydroxylation is 3. The van der Waals surface area contributed by atoms with E-state index in [2.05, 4.69) is 27.9 Å². The zero-order chi connectivity index (χ0) is 14.1. The maximum absolute atomic E-state index is 12.4. The first kappa shape index (κ1) is 12.9. The highest BCUT2D eigenvalue weighted by Gasteiger charge is 2.25. The number of benzene rings is 1. The first-order chi connectivity index (χ1) is 9.63. The number of hydrogen-bond donors (Lipinski definition) is 1. The highest BCUT2D eigenvalue weighted by atomic mass is 16.1. The summed E-state index contributed by atoms with van der Waals surface area (Å²) in [5.41, 5.74) is 4.39. The highest BCUT2D eigenvalue weighted by Crippen LogP contribution is 2.23. The lowest BCUT2D eigenvalue weighted by Gasteiger charge is -2.23. The number of carbonyl (C=O) groups excluding carboxylic acids is 1. The fraction of sp³-hybridized carbons (Fsp3) is 0.375. The lowest BCUT2D eigenvalue weighted by molar-refractivity contribution is -0.120. The van der Waals surface area contributed by atoms with Gasteiger partial charge >= 0.3 is 0 Å². The van der Waals surface area contributed by atoms with Crippen molar-refractivity contribution in [2.24, 2.45) is 5.92 Å². The molecule has 1 unspecified atom stereocenters. The van der Waals surface area contributed by atoms with Gasteiger partial charge in [0, 0.05) is 36.5 Å². The van der Waals surface area contributed by atoms with Crippen molar-refractivity contribution >= 4 is 11.6 Å². The fourth-order valence-electron chi connectivity index (χ4n) is 2.78. The lowest BCUT2D eigenvalue weighted by Crippen LogP contribution is -2.30. The van der Waals surface area contributed by atoms with Gasteiger partial charge in [-0.15, -0.1) is 0 Å². The molecule has 1 atom stereocenters. The summed E-state index contributed by atoms with van der Waals surface area (Å²) in [6, 6.07) is 6.10. The van der Waals surface area contributed by atoms with Crippen molar-refractivity contribution in [2.75, 3.05) is 5.32 Å². The van der Waals surface area contributed by atoms with Crippen molar-refractivity contribution in [1.29, 1.82) is 0 Å². The average molecular weight is 269 g/mol. The van der Waals surface area contributed by atoms with Gasteiger partial charge in [-0.1, -0.05) is 17.7 Å². The maximum Gasteiger partial charge on any atom is 0.227 e. The van der Waals surface area contributed by atoms with Gasteiger partial charge in [0.25, 0.3) is 0 Å². The molecular formula is C16H19N3O. The van der Waals surface area contributed by atoms with Crippen molar-refractivity contribution in [2.45, 2.75) is 33.2 Å². The molecule has 4 heteroatoms. The highest BCUT2D eigenvalue weighted by molar-refractivity contribution is 5.93. The van der Waals surface area contributed by atoms with Gasteiger partial charge in [-0.05, 0) is 31.9 Å². The van der Waals surface area contributed by atoms with Crippen LogP contribution >= 0.6 is 0 Å². The van der Waals surface area contributed by atoms with Crippen LogP contribution < -0.4 is 5.32 Å². The van der Waals surface area contributed by atoms with E-state index in [-0.39, 0.29) is 11.8 Å². The zero-order valence-electron chi connectivity index (χ0n) is 11.9. The molecule has 0 bridgehead atoms. The minimum atomic E-state index is 0.0416. The second-order valence-corrected chi connectivity index (χ2v) is 5.58. The molecule has 1 N–H and O–H groups in total. The molecule has 0 saturated carbocycles. The third kappa shape index (κ3) is 2.46. The maximum atomic E-state index is 12.4. The third-order valence-corrected chi connectivity index (χ3v) is 3.98. The molecule has 2 aromatic rings. The van der Waals surface area contributed by atoms with Crippen molar-refractivity contribution in [3.05, 3.63) is 47.5 Å². The molecule has 0 radical (unpaired) electrons.